The van der Waals surface area contributed by atoms with Crippen molar-refractivity contribution < 1.29 is 24.9 Å². The minimum absolute atomic E-state index is 0.593. The molecule has 0 aliphatic rings. The highest BCUT2D eigenvalue weighted by atomic mass is 16.6. The largest absolute Gasteiger partial charge is 0.422 e. The van der Waals surface area contributed by atoms with E-state index in [1.807, 2.05) is 0 Å². The fourth-order valence-electron chi connectivity index (χ4n) is 0.307. The molecule has 0 aliphatic carbocycles. The molecular weight excluding hydrogens is 142 g/mol. The number of ether oxygens (including phenoxy) is 1. The fourth-order valence-corrected chi connectivity index (χ4v) is 0.307. The Morgan fingerprint density at radius 2 is 1.80 bits per heavy atom. The van der Waals surface area contributed by atoms with Crippen molar-refractivity contribution in [2.24, 2.45) is 0 Å². The highest BCUT2D eigenvalue weighted by Gasteiger charge is 2.10. The van der Waals surface area contributed by atoms with Gasteiger partial charge in [0.25, 0.3) is 0 Å². The summed E-state index contributed by atoms with van der Waals surface area (Å²) in [6.07, 6.45) is -0.965. The van der Waals surface area contributed by atoms with E-state index in [1.54, 1.807) is 0 Å². The number of aliphatic hydroxyl groups is 3. The van der Waals surface area contributed by atoms with Gasteiger partial charge in [0.05, 0.1) is 0 Å². The molecule has 0 bridgehead atoms. The molecule has 0 spiro atoms. The van der Waals surface area contributed by atoms with Gasteiger partial charge >= 0.3 is 6.09 Å². The van der Waals surface area contributed by atoms with Crippen LogP contribution in [0.15, 0.2) is 0 Å². The number of carbonyl (C=O) groups excluding carboxylic acids is 1. The van der Waals surface area contributed by atoms with Gasteiger partial charge in [-0.15, -0.1) is 0 Å². The van der Waals surface area contributed by atoms with Gasteiger partial charge in [0.15, 0.2) is 6.79 Å². The summed E-state index contributed by atoms with van der Waals surface area (Å²) in [6.45, 7) is -2.06. The Morgan fingerprint density at radius 1 is 1.30 bits per heavy atom. The van der Waals surface area contributed by atoms with Crippen LogP contribution in [0, 0.1) is 0 Å². The lowest BCUT2D eigenvalue weighted by atomic mass is 10.8. The van der Waals surface area contributed by atoms with Gasteiger partial charge < -0.3 is 20.1 Å². The highest BCUT2D eigenvalue weighted by molar-refractivity contribution is 5.66. The Balaban J connectivity index is 3.65. The van der Waals surface area contributed by atoms with Crippen molar-refractivity contribution in [1.82, 2.24) is 4.90 Å². The smallest absolute Gasteiger partial charge is 0.415 e. The summed E-state index contributed by atoms with van der Waals surface area (Å²) in [5.74, 6) is 0. The second-order valence-corrected chi connectivity index (χ2v) is 1.36. The van der Waals surface area contributed by atoms with Crippen LogP contribution in [0.4, 0.5) is 4.79 Å². The zero-order chi connectivity index (χ0) is 7.98. The summed E-state index contributed by atoms with van der Waals surface area (Å²) in [4.78, 5) is 11.0. The zero-order valence-corrected chi connectivity index (χ0v) is 5.23. The molecular formula is C4H9NO5. The van der Waals surface area contributed by atoms with Gasteiger partial charge in [-0.1, -0.05) is 0 Å². The third-order valence-electron chi connectivity index (χ3n) is 0.788. The van der Waals surface area contributed by atoms with E-state index in [1.165, 1.54) is 0 Å². The van der Waals surface area contributed by atoms with Crippen LogP contribution in [0.3, 0.4) is 0 Å². The van der Waals surface area contributed by atoms with Gasteiger partial charge in [0.2, 0.25) is 0 Å². The average Bonchev–Trinajstić information content (AvgIpc) is 1.91. The Morgan fingerprint density at radius 3 is 2.10 bits per heavy atom. The number of hydrogen-bond acceptors (Lipinski definition) is 5. The summed E-state index contributed by atoms with van der Waals surface area (Å²) in [5.41, 5.74) is 0. The third kappa shape index (κ3) is 2.62. The highest BCUT2D eigenvalue weighted by Crippen LogP contribution is 1.88. The number of hydrogen-bond donors (Lipinski definition) is 3. The van der Waals surface area contributed by atoms with Gasteiger partial charge in [-0.3, -0.25) is 4.90 Å². The monoisotopic (exact) mass is 151 g/mol. The lowest BCUT2D eigenvalue weighted by molar-refractivity contribution is -0.0166. The molecule has 0 saturated heterocycles. The molecule has 0 aromatic heterocycles. The van der Waals surface area contributed by atoms with E-state index in [-0.39, 0.29) is 0 Å². The third-order valence-corrected chi connectivity index (χ3v) is 0.788. The molecule has 0 aromatic carbocycles. The first kappa shape index (κ1) is 9.15. The number of aliphatic hydroxyl groups excluding tert-OH is 3. The molecule has 60 valence electrons. The van der Waals surface area contributed by atoms with E-state index in [9.17, 15) is 4.79 Å². The summed E-state index contributed by atoms with van der Waals surface area (Å²) in [7, 11) is 0. The second kappa shape index (κ2) is 4.98. The molecule has 1 amide bonds. The van der Waals surface area contributed by atoms with Crippen LogP contribution in [-0.4, -0.2) is 46.6 Å². The lowest BCUT2D eigenvalue weighted by Crippen LogP contribution is -2.33. The maximum Gasteiger partial charge on any atom is 0.415 e. The Bertz CT molecular complexity index is 102. The van der Waals surface area contributed by atoms with Crippen LogP contribution >= 0.6 is 0 Å². The van der Waals surface area contributed by atoms with Crippen molar-refractivity contribution >= 4 is 6.09 Å². The summed E-state index contributed by atoms with van der Waals surface area (Å²) in [6, 6.07) is 0. The molecule has 6 nitrogen and oxygen atoms in total. The van der Waals surface area contributed by atoms with E-state index < -0.39 is 26.3 Å². The molecule has 3 N–H and O–H groups in total. The predicted octanol–water partition coefficient (Wildman–Crippen LogP) is -1.73. The molecule has 0 aliphatic heterocycles. The van der Waals surface area contributed by atoms with Crippen LogP contribution in [0.1, 0.15) is 0 Å². The normalized spacial score (nSPS) is 9.10. The van der Waals surface area contributed by atoms with Crippen LogP contribution < -0.4 is 0 Å². The molecule has 0 rings (SSSR count). The zero-order valence-electron chi connectivity index (χ0n) is 5.23. The maximum absolute atomic E-state index is 10.4. The van der Waals surface area contributed by atoms with Crippen LogP contribution in [0.2, 0.25) is 0 Å². The van der Waals surface area contributed by atoms with Crippen LogP contribution in [0.5, 0.6) is 0 Å². The van der Waals surface area contributed by atoms with Crippen molar-refractivity contribution in [3.63, 3.8) is 0 Å². The first-order valence-corrected chi connectivity index (χ1v) is 2.50. The molecule has 0 saturated carbocycles. The lowest BCUT2D eigenvalue weighted by Gasteiger charge is -2.14. The molecule has 0 unspecified atom stereocenters. The van der Waals surface area contributed by atoms with E-state index in [2.05, 4.69) is 4.74 Å². The van der Waals surface area contributed by atoms with E-state index in [0.29, 0.717) is 4.90 Å². The van der Waals surface area contributed by atoms with E-state index in [0.717, 1.165) is 0 Å². The van der Waals surface area contributed by atoms with Gasteiger partial charge in [-0.25, -0.2) is 4.79 Å². The molecule has 0 fully saturated rings. The van der Waals surface area contributed by atoms with Crippen molar-refractivity contribution in [1.29, 1.82) is 0 Å². The topological polar surface area (TPSA) is 90.2 Å². The molecule has 0 aromatic rings. The van der Waals surface area contributed by atoms with Crippen molar-refractivity contribution in [3.05, 3.63) is 0 Å². The van der Waals surface area contributed by atoms with Crippen molar-refractivity contribution in [3.8, 4) is 0 Å². The van der Waals surface area contributed by atoms with Crippen molar-refractivity contribution in [2.75, 3.05) is 20.3 Å². The number of carbonyl (C=O) groups is 1. The van der Waals surface area contributed by atoms with Gasteiger partial charge in [0, 0.05) is 0 Å². The minimum Gasteiger partial charge on any atom is -0.422 e. The van der Waals surface area contributed by atoms with E-state index in [4.69, 9.17) is 15.3 Å². The first-order chi connectivity index (χ1) is 4.76. The quantitative estimate of drug-likeness (QED) is 0.417. The number of rotatable bonds is 3. The summed E-state index contributed by atoms with van der Waals surface area (Å²) >= 11 is 0. The number of amides is 1. The standard InChI is InChI=1S/C4H9NO5/c6-1-5(2-7)4(9)10-3-8/h6-8H,1-3H2. The van der Waals surface area contributed by atoms with Crippen LogP contribution in [-0.2, 0) is 4.74 Å². The van der Waals surface area contributed by atoms with Gasteiger partial charge in [-0.05, 0) is 0 Å². The Hall–Kier alpha value is -0.850. The molecule has 10 heavy (non-hydrogen) atoms. The fraction of sp³-hybridized carbons (Fsp3) is 0.750. The molecule has 6 heteroatoms. The van der Waals surface area contributed by atoms with Crippen LogP contribution in [0.25, 0.3) is 0 Å². The maximum atomic E-state index is 10.4. The minimum atomic E-state index is -0.965. The SMILES string of the molecule is O=C(OCO)N(CO)CO. The number of nitrogens with zero attached hydrogens (tertiary/aromatic N) is 1. The first-order valence-electron chi connectivity index (χ1n) is 2.50. The Kier molecular flexibility index (Phi) is 4.55. The molecule has 0 radical (unpaired) electrons. The van der Waals surface area contributed by atoms with Gasteiger partial charge in [0.1, 0.15) is 13.5 Å². The Labute approximate surface area is 57.3 Å². The summed E-state index contributed by atoms with van der Waals surface area (Å²) in [5, 5.41) is 24.7. The van der Waals surface area contributed by atoms with Gasteiger partial charge in [-0.2, -0.15) is 0 Å². The van der Waals surface area contributed by atoms with E-state index >= 15 is 0 Å². The summed E-state index contributed by atoms with van der Waals surface area (Å²) < 4.78 is 4.01. The van der Waals surface area contributed by atoms with Crippen molar-refractivity contribution in [2.45, 2.75) is 0 Å². The second-order valence-electron chi connectivity index (χ2n) is 1.36. The molecule has 0 atom stereocenters. The predicted molar refractivity (Wildman–Crippen MR) is 29.6 cm³/mol. The average molecular weight is 151 g/mol. The molecule has 0 heterocycles.